The van der Waals surface area contributed by atoms with Crippen molar-refractivity contribution in [3.63, 3.8) is 0 Å². The van der Waals surface area contributed by atoms with Crippen LogP contribution in [0, 0.1) is 0 Å². The lowest BCUT2D eigenvalue weighted by molar-refractivity contribution is -0.118. The third-order valence-electron chi connectivity index (χ3n) is 2.32. The monoisotopic (exact) mass is 207 g/mol. The lowest BCUT2D eigenvalue weighted by Crippen LogP contribution is -2.36. The van der Waals surface area contributed by atoms with Crippen molar-refractivity contribution < 1.29 is 9.90 Å². The predicted octanol–water partition coefficient (Wildman–Crippen LogP) is 1.50. The van der Waals surface area contributed by atoms with Crippen LogP contribution in [0.5, 0.6) is 5.75 Å². The van der Waals surface area contributed by atoms with E-state index in [4.69, 9.17) is 5.11 Å². The molecule has 0 radical (unpaired) electrons. The smallest absolute Gasteiger partial charge is 0.147 e. The number of rotatable bonds is 5. The van der Waals surface area contributed by atoms with Crippen molar-refractivity contribution in [3.05, 3.63) is 29.8 Å². The molecule has 0 bridgehead atoms. The molecule has 0 amide bonds. The summed E-state index contributed by atoms with van der Waals surface area (Å²) >= 11 is 0. The lowest BCUT2D eigenvalue weighted by atomic mass is 10.0. The van der Waals surface area contributed by atoms with Gasteiger partial charge in [0, 0.05) is 0 Å². The van der Waals surface area contributed by atoms with Crippen molar-refractivity contribution >= 4 is 5.78 Å². The van der Waals surface area contributed by atoms with Crippen LogP contribution in [0.4, 0.5) is 0 Å². The second kappa shape index (κ2) is 5.51. The maximum absolute atomic E-state index is 11.3. The van der Waals surface area contributed by atoms with Gasteiger partial charge in [0.15, 0.2) is 0 Å². The summed E-state index contributed by atoms with van der Waals surface area (Å²) in [5.41, 5.74) is 1.05. The number of phenols is 1. The van der Waals surface area contributed by atoms with Crippen molar-refractivity contribution in [2.45, 2.75) is 26.3 Å². The number of hydrogen-bond donors (Lipinski definition) is 2. The quantitative estimate of drug-likeness (QED) is 0.769. The summed E-state index contributed by atoms with van der Waals surface area (Å²) in [5.74, 6) is 0.395. The molecular formula is C12H17NO2. The molecule has 0 spiro atoms. The molecule has 1 aromatic carbocycles. The fourth-order valence-electron chi connectivity index (χ4n) is 1.47. The first-order chi connectivity index (χ1) is 7.13. The van der Waals surface area contributed by atoms with Crippen LogP contribution in [0.3, 0.4) is 0 Å². The first-order valence-electron chi connectivity index (χ1n) is 5.15. The minimum Gasteiger partial charge on any atom is -0.508 e. The number of aromatic hydroxyl groups is 1. The molecule has 82 valence electrons. The summed E-state index contributed by atoms with van der Waals surface area (Å²) < 4.78 is 0. The van der Waals surface area contributed by atoms with Gasteiger partial charge in [-0.2, -0.15) is 0 Å². The molecule has 0 aliphatic heterocycles. The van der Waals surface area contributed by atoms with E-state index in [9.17, 15) is 4.79 Å². The zero-order chi connectivity index (χ0) is 11.3. The molecule has 0 aliphatic carbocycles. The number of carbonyl (C=O) groups excluding carboxylic acids is 1. The fourth-order valence-corrected chi connectivity index (χ4v) is 1.47. The second-order valence-corrected chi connectivity index (χ2v) is 3.59. The summed E-state index contributed by atoms with van der Waals surface area (Å²) in [5, 5.41) is 12.3. The van der Waals surface area contributed by atoms with Crippen LogP contribution in [0.2, 0.25) is 0 Å². The summed E-state index contributed by atoms with van der Waals surface area (Å²) in [6, 6.07) is 6.82. The molecule has 15 heavy (non-hydrogen) atoms. The van der Waals surface area contributed by atoms with Gasteiger partial charge in [-0.3, -0.25) is 4.79 Å². The second-order valence-electron chi connectivity index (χ2n) is 3.59. The van der Waals surface area contributed by atoms with E-state index in [0.717, 1.165) is 12.1 Å². The highest BCUT2D eigenvalue weighted by Crippen LogP contribution is 2.11. The molecule has 0 aromatic heterocycles. The normalized spacial score (nSPS) is 12.4. The SMILES string of the molecule is CCN[C@@H](Cc1ccc(O)cc1)C(C)=O. The van der Waals surface area contributed by atoms with E-state index in [2.05, 4.69) is 5.32 Å². The standard InChI is InChI=1S/C12H17NO2/c1-3-13-12(9(2)14)8-10-4-6-11(15)7-5-10/h4-7,12-13,15H,3,8H2,1-2H3/t12-/m0/s1. The van der Waals surface area contributed by atoms with E-state index in [-0.39, 0.29) is 17.6 Å². The van der Waals surface area contributed by atoms with E-state index in [1.54, 1.807) is 19.1 Å². The Morgan fingerprint density at radius 3 is 2.47 bits per heavy atom. The Kier molecular flexibility index (Phi) is 4.31. The molecular weight excluding hydrogens is 190 g/mol. The molecule has 2 N–H and O–H groups in total. The van der Waals surface area contributed by atoms with E-state index in [1.807, 2.05) is 19.1 Å². The van der Waals surface area contributed by atoms with Crippen LogP contribution in [-0.2, 0) is 11.2 Å². The van der Waals surface area contributed by atoms with E-state index >= 15 is 0 Å². The topological polar surface area (TPSA) is 49.3 Å². The number of Topliss-reactive ketones (excluding diaryl/α,β-unsaturated/α-hetero) is 1. The Balaban J connectivity index is 2.65. The van der Waals surface area contributed by atoms with E-state index < -0.39 is 0 Å². The summed E-state index contributed by atoms with van der Waals surface area (Å²) in [6.45, 7) is 4.35. The number of nitrogens with one attached hydrogen (secondary N) is 1. The number of carbonyl (C=O) groups is 1. The minimum atomic E-state index is -0.125. The summed E-state index contributed by atoms with van der Waals surface area (Å²) in [4.78, 5) is 11.3. The Morgan fingerprint density at radius 1 is 1.40 bits per heavy atom. The Hall–Kier alpha value is -1.35. The maximum atomic E-state index is 11.3. The number of hydrogen-bond acceptors (Lipinski definition) is 3. The molecule has 1 rings (SSSR count). The molecule has 1 aromatic rings. The zero-order valence-corrected chi connectivity index (χ0v) is 9.16. The molecule has 0 aliphatic rings. The van der Waals surface area contributed by atoms with Gasteiger partial charge >= 0.3 is 0 Å². The molecule has 0 saturated heterocycles. The van der Waals surface area contributed by atoms with Crippen LogP contribution in [0.15, 0.2) is 24.3 Å². The van der Waals surface area contributed by atoms with Crippen molar-refractivity contribution in [2.24, 2.45) is 0 Å². The number of phenolic OH excluding ortho intramolecular Hbond substituents is 1. The molecule has 3 heteroatoms. The first kappa shape index (κ1) is 11.7. The van der Waals surface area contributed by atoms with E-state index in [1.165, 1.54) is 0 Å². The van der Waals surface area contributed by atoms with Crippen molar-refractivity contribution in [1.29, 1.82) is 0 Å². The predicted molar refractivity (Wildman–Crippen MR) is 60.0 cm³/mol. The van der Waals surface area contributed by atoms with Gasteiger partial charge < -0.3 is 10.4 Å². The molecule has 0 unspecified atom stereocenters. The van der Waals surface area contributed by atoms with Crippen LogP contribution in [0.25, 0.3) is 0 Å². The van der Waals surface area contributed by atoms with Gasteiger partial charge in [0.05, 0.1) is 6.04 Å². The summed E-state index contributed by atoms with van der Waals surface area (Å²) in [7, 11) is 0. The molecule has 0 heterocycles. The van der Waals surface area contributed by atoms with Gasteiger partial charge in [0.2, 0.25) is 0 Å². The molecule has 0 saturated carbocycles. The Morgan fingerprint density at radius 2 is 2.00 bits per heavy atom. The van der Waals surface area contributed by atoms with Gasteiger partial charge in [-0.15, -0.1) is 0 Å². The van der Waals surface area contributed by atoms with Gasteiger partial charge in [-0.1, -0.05) is 19.1 Å². The van der Waals surface area contributed by atoms with Crippen molar-refractivity contribution in [1.82, 2.24) is 5.32 Å². The minimum absolute atomic E-state index is 0.125. The fraction of sp³-hybridized carbons (Fsp3) is 0.417. The van der Waals surface area contributed by atoms with Crippen LogP contribution in [-0.4, -0.2) is 23.5 Å². The molecule has 3 nitrogen and oxygen atoms in total. The van der Waals surface area contributed by atoms with Gasteiger partial charge in [0.25, 0.3) is 0 Å². The van der Waals surface area contributed by atoms with Crippen LogP contribution in [0.1, 0.15) is 19.4 Å². The molecule has 1 atom stereocenters. The van der Waals surface area contributed by atoms with Gasteiger partial charge in [-0.05, 0) is 37.6 Å². The van der Waals surface area contributed by atoms with E-state index in [0.29, 0.717) is 6.42 Å². The number of likely N-dealkylation sites (N-methyl/N-ethyl adjacent to an activating group) is 1. The third kappa shape index (κ3) is 3.72. The Labute approximate surface area is 90.1 Å². The first-order valence-corrected chi connectivity index (χ1v) is 5.15. The average molecular weight is 207 g/mol. The highest BCUT2D eigenvalue weighted by molar-refractivity contribution is 5.81. The maximum Gasteiger partial charge on any atom is 0.147 e. The van der Waals surface area contributed by atoms with Crippen molar-refractivity contribution in [3.8, 4) is 5.75 Å². The zero-order valence-electron chi connectivity index (χ0n) is 9.16. The molecule has 0 fully saturated rings. The van der Waals surface area contributed by atoms with Crippen LogP contribution < -0.4 is 5.32 Å². The number of ketones is 1. The van der Waals surface area contributed by atoms with Gasteiger partial charge in [0.1, 0.15) is 11.5 Å². The Bertz CT molecular complexity index is 319. The third-order valence-corrected chi connectivity index (χ3v) is 2.32. The van der Waals surface area contributed by atoms with Crippen LogP contribution >= 0.6 is 0 Å². The van der Waals surface area contributed by atoms with Crippen molar-refractivity contribution in [2.75, 3.05) is 6.54 Å². The van der Waals surface area contributed by atoms with Gasteiger partial charge in [-0.25, -0.2) is 0 Å². The summed E-state index contributed by atoms with van der Waals surface area (Å²) in [6.07, 6.45) is 0.670. The average Bonchev–Trinajstić information content (AvgIpc) is 2.20. The highest BCUT2D eigenvalue weighted by atomic mass is 16.3. The largest absolute Gasteiger partial charge is 0.508 e. The lowest BCUT2D eigenvalue weighted by Gasteiger charge is -2.14. The highest BCUT2D eigenvalue weighted by Gasteiger charge is 2.12. The number of benzene rings is 1.